The van der Waals surface area contributed by atoms with Crippen molar-refractivity contribution in [1.29, 1.82) is 5.26 Å². The van der Waals surface area contributed by atoms with Crippen LogP contribution in [0.1, 0.15) is 12.5 Å². The van der Waals surface area contributed by atoms with Crippen LogP contribution >= 0.6 is 0 Å². The van der Waals surface area contributed by atoms with Crippen LogP contribution in [0.3, 0.4) is 0 Å². The zero-order valence-corrected chi connectivity index (χ0v) is 11.2. The lowest BCUT2D eigenvalue weighted by molar-refractivity contribution is -0.127. The highest BCUT2D eigenvalue weighted by atomic mass is 16.2. The first-order chi connectivity index (χ1) is 9.61. The molecule has 1 aromatic rings. The van der Waals surface area contributed by atoms with E-state index in [9.17, 15) is 9.59 Å². The van der Waals surface area contributed by atoms with E-state index >= 15 is 0 Å². The zero-order chi connectivity index (χ0) is 14.5. The predicted octanol–water partition coefficient (Wildman–Crippen LogP) is 0.317. The van der Waals surface area contributed by atoms with Crippen LogP contribution < -0.4 is 10.6 Å². The molecule has 1 heterocycles. The Bertz CT molecular complexity index is 565. The van der Waals surface area contributed by atoms with Crippen molar-refractivity contribution >= 4 is 17.5 Å². The molecule has 1 saturated heterocycles. The molecule has 1 aromatic carbocycles. The van der Waals surface area contributed by atoms with Crippen molar-refractivity contribution in [1.82, 2.24) is 10.2 Å². The molecule has 1 aliphatic rings. The number of anilines is 1. The number of hydrogen-bond acceptors (Lipinski definition) is 4. The molecule has 20 heavy (non-hydrogen) atoms. The third-order valence-electron chi connectivity index (χ3n) is 3.30. The lowest BCUT2D eigenvalue weighted by atomic mass is 10.1. The van der Waals surface area contributed by atoms with E-state index in [4.69, 9.17) is 5.26 Å². The molecular formula is C14H16N4O2. The summed E-state index contributed by atoms with van der Waals surface area (Å²) in [6, 6.07) is 8.45. The summed E-state index contributed by atoms with van der Waals surface area (Å²) in [7, 11) is 0. The Hall–Kier alpha value is -2.39. The second-order valence-corrected chi connectivity index (χ2v) is 4.64. The Labute approximate surface area is 117 Å². The molecule has 6 heteroatoms. The van der Waals surface area contributed by atoms with Gasteiger partial charge in [0.2, 0.25) is 11.8 Å². The molecule has 0 aromatic heterocycles. The number of benzene rings is 1. The second-order valence-electron chi connectivity index (χ2n) is 4.64. The van der Waals surface area contributed by atoms with E-state index in [1.54, 1.807) is 31.2 Å². The first-order valence-corrected chi connectivity index (χ1v) is 6.42. The lowest BCUT2D eigenvalue weighted by Gasteiger charge is -2.31. The molecule has 2 rings (SSSR count). The van der Waals surface area contributed by atoms with Gasteiger partial charge in [0.05, 0.1) is 23.8 Å². The van der Waals surface area contributed by atoms with E-state index in [0.717, 1.165) is 0 Å². The fraction of sp³-hybridized carbons (Fsp3) is 0.357. The van der Waals surface area contributed by atoms with Crippen molar-refractivity contribution in [3.63, 3.8) is 0 Å². The standard InChI is InChI=1S/C14H16N4O2/c1-10(18-7-6-16-13(19)9-18)14(20)17-12-5-3-2-4-11(12)8-15/h2-5,10H,6-7,9H2,1H3,(H,16,19)(H,17,20)/t10-/m1/s1. The van der Waals surface area contributed by atoms with Gasteiger partial charge in [-0.25, -0.2) is 0 Å². The number of nitrogens with one attached hydrogen (secondary N) is 2. The average molecular weight is 272 g/mol. The van der Waals surface area contributed by atoms with Crippen molar-refractivity contribution < 1.29 is 9.59 Å². The Morgan fingerprint density at radius 1 is 1.50 bits per heavy atom. The Morgan fingerprint density at radius 2 is 2.25 bits per heavy atom. The topological polar surface area (TPSA) is 85.2 Å². The maximum atomic E-state index is 12.2. The van der Waals surface area contributed by atoms with Gasteiger partial charge in [0.1, 0.15) is 6.07 Å². The van der Waals surface area contributed by atoms with Crippen LogP contribution in [0.4, 0.5) is 5.69 Å². The van der Waals surface area contributed by atoms with Crippen LogP contribution in [0.25, 0.3) is 0 Å². The van der Waals surface area contributed by atoms with Gasteiger partial charge in [0.25, 0.3) is 0 Å². The van der Waals surface area contributed by atoms with E-state index in [1.165, 1.54) is 0 Å². The molecule has 6 nitrogen and oxygen atoms in total. The molecule has 0 spiro atoms. The number of para-hydroxylation sites is 1. The van der Waals surface area contributed by atoms with E-state index in [1.807, 2.05) is 11.0 Å². The summed E-state index contributed by atoms with van der Waals surface area (Å²) in [5.74, 6) is -0.296. The van der Waals surface area contributed by atoms with Gasteiger partial charge in [0, 0.05) is 13.1 Å². The maximum absolute atomic E-state index is 12.2. The summed E-state index contributed by atoms with van der Waals surface area (Å²) < 4.78 is 0. The van der Waals surface area contributed by atoms with Crippen molar-refractivity contribution in [3.8, 4) is 6.07 Å². The molecule has 0 bridgehead atoms. The molecule has 0 aliphatic carbocycles. The van der Waals surface area contributed by atoms with Gasteiger partial charge in [-0.3, -0.25) is 14.5 Å². The Morgan fingerprint density at radius 3 is 2.95 bits per heavy atom. The summed E-state index contributed by atoms with van der Waals surface area (Å²) in [6.07, 6.45) is 0. The molecule has 0 radical (unpaired) electrons. The van der Waals surface area contributed by atoms with Crippen molar-refractivity contribution in [2.24, 2.45) is 0 Å². The number of nitriles is 1. The Balaban J connectivity index is 2.04. The van der Waals surface area contributed by atoms with Crippen LogP contribution in [-0.2, 0) is 9.59 Å². The minimum Gasteiger partial charge on any atom is -0.354 e. The number of carbonyl (C=O) groups excluding carboxylic acids is 2. The van der Waals surface area contributed by atoms with Crippen LogP contribution in [-0.4, -0.2) is 42.4 Å². The molecule has 104 valence electrons. The molecule has 0 saturated carbocycles. The molecule has 1 atom stereocenters. The third-order valence-corrected chi connectivity index (χ3v) is 3.30. The minimum atomic E-state index is -0.423. The Kier molecular flexibility index (Phi) is 4.33. The van der Waals surface area contributed by atoms with E-state index in [-0.39, 0.29) is 18.4 Å². The molecule has 0 unspecified atom stereocenters. The maximum Gasteiger partial charge on any atom is 0.241 e. The highest BCUT2D eigenvalue weighted by Crippen LogP contribution is 2.14. The van der Waals surface area contributed by atoms with Gasteiger partial charge >= 0.3 is 0 Å². The lowest BCUT2D eigenvalue weighted by Crippen LogP contribution is -2.53. The summed E-state index contributed by atoms with van der Waals surface area (Å²) in [6.45, 7) is 3.16. The number of nitrogens with zero attached hydrogens (tertiary/aromatic N) is 2. The first kappa shape index (κ1) is 14.0. The van der Waals surface area contributed by atoms with E-state index < -0.39 is 6.04 Å². The highest BCUT2D eigenvalue weighted by molar-refractivity contribution is 5.96. The van der Waals surface area contributed by atoms with Crippen LogP contribution in [0.15, 0.2) is 24.3 Å². The summed E-state index contributed by atoms with van der Waals surface area (Å²) in [5, 5.41) is 14.4. The molecule has 2 amide bonds. The molecule has 1 aliphatic heterocycles. The van der Waals surface area contributed by atoms with Crippen LogP contribution in [0.2, 0.25) is 0 Å². The van der Waals surface area contributed by atoms with Crippen molar-refractivity contribution in [2.45, 2.75) is 13.0 Å². The van der Waals surface area contributed by atoms with Crippen LogP contribution in [0, 0.1) is 11.3 Å². The fourth-order valence-electron chi connectivity index (χ4n) is 2.08. The smallest absolute Gasteiger partial charge is 0.241 e. The normalized spacial score (nSPS) is 16.9. The average Bonchev–Trinajstić information content (AvgIpc) is 2.47. The first-order valence-electron chi connectivity index (χ1n) is 6.42. The SMILES string of the molecule is C[C@H](C(=O)Nc1ccccc1C#N)N1CCNC(=O)C1. The quantitative estimate of drug-likeness (QED) is 0.829. The predicted molar refractivity (Wildman–Crippen MR) is 73.8 cm³/mol. The van der Waals surface area contributed by atoms with E-state index in [2.05, 4.69) is 10.6 Å². The summed E-state index contributed by atoms with van der Waals surface area (Å²) in [5.41, 5.74) is 0.915. The van der Waals surface area contributed by atoms with E-state index in [0.29, 0.717) is 24.3 Å². The van der Waals surface area contributed by atoms with Crippen molar-refractivity contribution in [2.75, 3.05) is 25.0 Å². The van der Waals surface area contributed by atoms with Gasteiger partial charge in [-0.15, -0.1) is 0 Å². The number of amides is 2. The number of carbonyl (C=O) groups is 2. The highest BCUT2D eigenvalue weighted by Gasteiger charge is 2.26. The second kappa shape index (κ2) is 6.17. The monoisotopic (exact) mass is 272 g/mol. The summed E-state index contributed by atoms with van der Waals surface area (Å²) in [4.78, 5) is 25.3. The number of rotatable bonds is 3. The molecule has 2 N–H and O–H groups in total. The van der Waals surface area contributed by atoms with Gasteiger partial charge in [-0.05, 0) is 19.1 Å². The number of hydrogen-bond donors (Lipinski definition) is 2. The summed E-state index contributed by atoms with van der Waals surface area (Å²) >= 11 is 0. The van der Waals surface area contributed by atoms with Gasteiger partial charge < -0.3 is 10.6 Å². The molecule has 1 fully saturated rings. The number of piperazine rings is 1. The molecular weight excluding hydrogens is 256 g/mol. The minimum absolute atomic E-state index is 0.0756. The van der Waals surface area contributed by atoms with Gasteiger partial charge in [-0.1, -0.05) is 12.1 Å². The van der Waals surface area contributed by atoms with Gasteiger partial charge in [-0.2, -0.15) is 5.26 Å². The van der Waals surface area contributed by atoms with Gasteiger partial charge in [0.15, 0.2) is 0 Å². The largest absolute Gasteiger partial charge is 0.354 e. The van der Waals surface area contributed by atoms with Crippen molar-refractivity contribution in [3.05, 3.63) is 29.8 Å². The zero-order valence-electron chi connectivity index (χ0n) is 11.2. The fourth-order valence-corrected chi connectivity index (χ4v) is 2.08. The third kappa shape index (κ3) is 3.13. The van der Waals surface area contributed by atoms with Crippen LogP contribution in [0.5, 0.6) is 0 Å².